The maximum Gasteiger partial charge on any atom is 0.266 e. The third kappa shape index (κ3) is 8.34. The molecule has 2 aliphatic heterocycles. The molecule has 246 valence electrons. The van der Waals surface area contributed by atoms with Crippen molar-refractivity contribution in [1.82, 2.24) is 5.32 Å². The van der Waals surface area contributed by atoms with E-state index in [-0.39, 0.29) is 25.1 Å². The summed E-state index contributed by atoms with van der Waals surface area (Å²) in [7, 11) is -4.17. The molecule has 10 nitrogen and oxygen atoms in total. The highest BCUT2D eigenvalue weighted by Crippen LogP contribution is 2.46. The summed E-state index contributed by atoms with van der Waals surface area (Å²) < 4.78 is 68.6. The highest BCUT2D eigenvalue weighted by atomic mass is 32.2. The van der Waals surface area contributed by atoms with Crippen LogP contribution in [0.15, 0.2) is 72.8 Å². The van der Waals surface area contributed by atoms with Gasteiger partial charge in [0.2, 0.25) is 11.8 Å². The van der Waals surface area contributed by atoms with E-state index in [0.717, 1.165) is 11.1 Å². The molecule has 0 spiro atoms. The molecule has 0 aromatic heterocycles. The minimum Gasteiger partial charge on any atom is -0.388 e. The Morgan fingerprint density at radius 1 is 1.02 bits per heavy atom. The average molecular weight is 659 g/mol. The molecule has 2 aliphatic rings. The standard InChI is InChI=1S/C33H36F2N2O8S/c34-25-7-5-23(6-8-25)29(38)14-13-28-31(37(32(28)40)27-11-9-26(35)10-12-27)24-3-1-22(2-4-24)15-16-33(20-44-21-33)45-19-30(39)36-17-18-46(41,42)43/h1-12,28-29,31,38H,13-21H2,(H,36,39)(H,41,42,43)/t28-,29+,31-/m1/s1. The van der Waals surface area contributed by atoms with Crippen LogP contribution in [0.2, 0.25) is 0 Å². The third-order valence-corrected chi connectivity index (χ3v) is 9.16. The number of anilines is 1. The Balaban J connectivity index is 1.21. The predicted octanol–water partition coefficient (Wildman–Crippen LogP) is 3.90. The number of hydrogen-bond donors (Lipinski definition) is 3. The zero-order valence-corrected chi connectivity index (χ0v) is 25.8. The first-order valence-electron chi connectivity index (χ1n) is 15.0. The normalized spacial score (nSPS) is 19.7. The molecular formula is C33H36F2N2O8S. The van der Waals surface area contributed by atoms with Gasteiger partial charge in [0, 0.05) is 12.2 Å². The van der Waals surface area contributed by atoms with Crippen LogP contribution < -0.4 is 10.2 Å². The van der Waals surface area contributed by atoms with Crippen molar-refractivity contribution in [3.63, 3.8) is 0 Å². The molecule has 0 unspecified atom stereocenters. The largest absolute Gasteiger partial charge is 0.388 e. The van der Waals surface area contributed by atoms with Gasteiger partial charge in [-0.2, -0.15) is 8.42 Å². The molecule has 0 radical (unpaired) electrons. The lowest BCUT2D eigenvalue weighted by Crippen LogP contribution is -2.55. The number of carbonyl (C=O) groups excluding carboxylic acids is 2. The number of hydrogen-bond acceptors (Lipinski definition) is 7. The van der Waals surface area contributed by atoms with E-state index in [1.807, 2.05) is 24.3 Å². The smallest absolute Gasteiger partial charge is 0.266 e. The van der Waals surface area contributed by atoms with Crippen LogP contribution in [0, 0.1) is 17.6 Å². The Bertz CT molecular complexity index is 1610. The Hall–Kier alpha value is -3.75. The van der Waals surface area contributed by atoms with Crippen LogP contribution in [0.5, 0.6) is 0 Å². The molecule has 2 saturated heterocycles. The minimum absolute atomic E-state index is 0.127. The molecule has 2 amide bonds. The number of amides is 2. The molecule has 2 fully saturated rings. The minimum atomic E-state index is -4.17. The average Bonchev–Trinajstić information content (AvgIpc) is 3.00. The van der Waals surface area contributed by atoms with E-state index < -0.39 is 51.0 Å². The van der Waals surface area contributed by atoms with E-state index >= 15 is 0 Å². The molecule has 2 heterocycles. The Labute approximate surface area is 266 Å². The van der Waals surface area contributed by atoms with Crippen molar-refractivity contribution >= 4 is 27.6 Å². The predicted molar refractivity (Wildman–Crippen MR) is 164 cm³/mol. The van der Waals surface area contributed by atoms with Crippen LogP contribution in [0.1, 0.15) is 48.1 Å². The Morgan fingerprint density at radius 3 is 2.24 bits per heavy atom. The van der Waals surface area contributed by atoms with Gasteiger partial charge in [0.15, 0.2) is 0 Å². The molecule has 3 atom stereocenters. The van der Waals surface area contributed by atoms with Crippen LogP contribution in [-0.4, -0.2) is 67.6 Å². The first-order chi connectivity index (χ1) is 21.9. The molecule has 3 aromatic rings. The second-order valence-electron chi connectivity index (χ2n) is 11.7. The molecule has 3 aromatic carbocycles. The van der Waals surface area contributed by atoms with E-state index in [4.69, 9.17) is 14.0 Å². The van der Waals surface area contributed by atoms with Crippen molar-refractivity contribution in [1.29, 1.82) is 0 Å². The topological polar surface area (TPSA) is 142 Å². The molecule has 3 N–H and O–H groups in total. The highest BCUT2D eigenvalue weighted by Gasteiger charge is 2.48. The monoisotopic (exact) mass is 658 g/mol. The fourth-order valence-electron chi connectivity index (χ4n) is 5.76. The van der Waals surface area contributed by atoms with E-state index in [9.17, 15) is 31.9 Å². The number of aliphatic hydroxyl groups is 1. The van der Waals surface area contributed by atoms with Crippen LogP contribution in [0.25, 0.3) is 0 Å². The molecule has 46 heavy (non-hydrogen) atoms. The van der Waals surface area contributed by atoms with Crippen molar-refractivity contribution in [3.05, 3.63) is 101 Å². The first-order valence-corrected chi connectivity index (χ1v) is 16.6. The number of β-lactam (4-membered cyclic amide) rings is 1. The van der Waals surface area contributed by atoms with Gasteiger partial charge in [-0.25, -0.2) is 8.78 Å². The number of benzene rings is 3. The van der Waals surface area contributed by atoms with E-state index in [1.54, 1.807) is 17.0 Å². The fraction of sp³-hybridized carbons (Fsp3) is 0.394. The van der Waals surface area contributed by atoms with Gasteiger partial charge in [-0.15, -0.1) is 0 Å². The maximum atomic E-state index is 13.6. The lowest BCUT2D eigenvalue weighted by molar-refractivity contribution is -0.212. The zero-order valence-electron chi connectivity index (χ0n) is 25.0. The van der Waals surface area contributed by atoms with Gasteiger partial charge in [-0.3, -0.25) is 14.1 Å². The number of ether oxygens (including phenoxy) is 2. The summed E-state index contributed by atoms with van der Waals surface area (Å²) in [6.45, 7) is 0.120. The van der Waals surface area contributed by atoms with Crippen LogP contribution >= 0.6 is 0 Å². The number of rotatable bonds is 15. The van der Waals surface area contributed by atoms with Crippen molar-refractivity contribution < 1.29 is 45.9 Å². The van der Waals surface area contributed by atoms with Gasteiger partial charge in [0.25, 0.3) is 10.1 Å². The lowest BCUT2D eigenvalue weighted by atomic mass is 9.78. The first kappa shape index (κ1) is 33.6. The van der Waals surface area contributed by atoms with E-state index in [0.29, 0.717) is 50.1 Å². The molecule has 0 saturated carbocycles. The lowest BCUT2D eigenvalue weighted by Gasteiger charge is -2.48. The van der Waals surface area contributed by atoms with Gasteiger partial charge in [0.1, 0.15) is 23.8 Å². The molecule has 0 bridgehead atoms. The van der Waals surface area contributed by atoms with Gasteiger partial charge < -0.3 is 24.8 Å². The van der Waals surface area contributed by atoms with Crippen molar-refractivity contribution in [2.24, 2.45) is 5.92 Å². The number of nitrogens with zero attached hydrogens (tertiary/aromatic N) is 1. The second-order valence-corrected chi connectivity index (χ2v) is 13.3. The van der Waals surface area contributed by atoms with E-state index in [1.165, 1.54) is 36.4 Å². The quantitative estimate of drug-likeness (QED) is 0.165. The van der Waals surface area contributed by atoms with Crippen molar-refractivity contribution in [2.45, 2.75) is 43.4 Å². The number of nitrogens with one attached hydrogen (secondary N) is 1. The number of halogens is 2. The summed E-state index contributed by atoms with van der Waals surface area (Å²) in [6, 6.07) is 18.8. The number of aryl methyl sites for hydroxylation is 1. The Kier molecular flexibility index (Phi) is 10.5. The van der Waals surface area contributed by atoms with Crippen LogP contribution in [0.4, 0.5) is 14.5 Å². The molecule has 0 aliphatic carbocycles. The second kappa shape index (κ2) is 14.3. The summed E-state index contributed by atoms with van der Waals surface area (Å²) in [4.78, 5) is 27.1. The van der Waals surface area contributed by atoms with Gasteiger partial charge in [0.05, 0.1) is 37.0 Å². The summed E-state index contributed by atoms with van der Waals surface area (Å²) in [5, 5.41) is 13.1. The third-order valence-electron chi connectivity index (χ3n) is 8.44. The highest BCUT2D eigenvalue weighted by molar-refractivity contribution is 7.85. The van der Waals surface area contributed by atoms with Gasteiger partial charge in [-0.05, 0) is 78.8 Å². The van der Waals surface area contributed by atoms with E-state index in [2.05, 4.69) is 5.32 Å². The van der Waals surface area contributed by atoms with Crippen LogP contribution in [0.3, 0.4) is 0 Å². The maximum absolute atomic E-state index is 13.6. The van der Waals surface area contributed by atoms with Crippen molar-refractivity contribution in [2.75, 3.05) is 37.0 Å². The summed E-state index contributed by atoms with van der Waals surface area (Å²) >= 11 is 0. The Morgan fingerprint density at radius 2 is 1.65 bits per heavy atom. The fourth-order valence-corrected chi connectivity index (χ4v) is 6.12. The van der Waals surface area contributed by atoms with Crippen molar-refractivity contribution in [3.8, 4) is 0 Å². The number of aliphatic hydroxyl groups excluding tert-OH is 1. The van der Waals surface area contributed by atoms with Gasteiger partial charge in [-0.1, -0.05) is 36.4 Å². The zero-order chi connectivity index (χ0) is 32.9. The summed E-state index contributed by atoms with van der Waals surface area (Å²) in [5.41, 5.74) is 2.37. The summed E-state index contributed by atoms with van der Waals surface area (Å²) in [6.07, 6.45) is 1.02. The molecular weight excluding hydrogens is 622 g/mol. The molecule has 13 heteroatoms. The van der Waals surface area contributed by atoms with Gasteiger partial charge >= 0.3 is 0 Å². The SMILES string of the molecule is O=C(COC1(CCc2ccc([C@@H]3[C@@H](CC[C@H](O)c4ccc(F)cc4)C(=O)N3c3ccc(F)cc3)cc2)COC1)NCCS(=O)(=O)O. The summed E-state index contributed by atoms with van der Waals surface area (Å²) in [5.74, 6) is -2.44. The van der Waals surface area contributed by atoms with Crippen LogP contribution in [-0.2, 0) is 35.6 Å². The number of carbonyl (C=O) groups is 2. The molecule has 5 rings (SSSR count).